The summed E-state index contributed by atoms with van der Waals surface area (Å²) in [6.45, 7) is 4.51. The number of halogens is 1. The van der Waals surface area contributed by atoms with Gasteiger partial charge >= 0.3 is 16.1 Å². The zero-order valence-electron chi connectivity index (χ0n) is 21.7. The Morgan fingerprint density at radius 1 is 1.07 bits per heavy atom. The molecular formula is C24H28ClN5O7S3. The Bertz CT molecular complexity index is 1640. The molecular weight excluding hydrogens is 602 g/mol. The van der Waals surface area contributed by atoms with Crippen molar-refractivity contribution in [2.45, 2.75) is 11.3 Å². The number of sulfone groups is 1. The summed E-state index contributed by atoms with van der Waals surface area (Å²) in [4.78, 5) is 34.0. The number of hydrogen-bond donors (Lipinski definition) is 2. The molecule has 1 aliphatic heterocycles. The number of fused-ring (bicyclic) bond motifs is 1. The number of benzene rings is 2. The Morgan fingerprint density at radius 3 is 2.50 bits per heavy atom. The molecule has 0 spiro atoms. The van der Waals surface area contributed by atoms with Gasteiger partial charge in [0.05, 0.1) is 37.7 Å². The first-order valence-corrected chi connectivity index (χ1v) is 16.8. The second-order valence-electron chi connectivity index (χ2n) is 9.30. The maximum absolute atomic E-state index is 12.9. The first-order chi connectivity index (χ1) is 18.8. The van der Waals surface area contributed by atoms with Gasteiger partial charge in [-0.25, -0.2) is 18.2 Å². The number of nitrogens with zero attached hydrogens (tertiary/aromatic N) is 3. The highest BCUT2D eigenvalue weighted by atomic mass is 35.5. The minimum Gasteiger partial charge on any atom is -0.383 e. The van der Waals surface area contributed by atoms with Gasteiger partial charge < -0.3 is 14.0 Å². The van der Waals surface area contributed by atoms with Gasteiger partial charge in [-0.3, -0.25) is 15.4 Å². The smallest absolute Gasteiger partial charge is 0.327 e. The first-order valence-electron chi connectivity index (χ1n) is 12.1. The molecule has 40 heavy (non-hydrogen) atoms. The van der Waals surface area contributed by atoms with Gasteiger partial charge in [0.2, 0.25) is 0 Å². The number of nitrogens with one attached hydrogen (secondary N) is 2. The molecule has 12 nitrogen and oxygen atoms in total. The van der Waals surface area contributed by atoms with Crippen LogP contribution in [0, 0.1) is 0 Å². The lowest BCUT2D eigenvalue weighted by Crippen LogP contribution is -2.44. The van der Waals surface area contributed by atoms with E-state index in [0.717, 1.165) is 56.4 Å². The maximum Gasteiger partial charge on any atom is 0.327 e. The molecule has 0 atom stereocenters. The molecule has 1 fully saturated rings. The number of aromatic nitrogens is 1. The van der Waals surface area contributed by atoms with Gasteiger partial charge in [0.25, 0.3) is 5.91 Å². The van der Waals surface area contributed by atoms with E-state index in [4.69, 9.17) is 15.8 Å². The Labute approximate surface area is 241 Å². The number of amides is 3. The van der Waals surface area contributed by atoms with Crippen molar-refractivity contribution < 1.29 is 30.6 Å². The zero-order chi connectivity index (χ0) is 29.1. The second-order valence-corrected chi connectivity index (χ2v) is 14.4. The number of hydrogen-bond acceptors (Lipinski definition) is 11. The van der Waals surface area contributed by atoms with Crippen LogP contribution in [0.1, 0.15) is 16.8 Å². The molecule has 3 amide bonds. The van der Waals surface area contributed by atoms with E-state index in [0.29, 0.717) is 16.6 Å². The summed E-state index contributed by atoms with van der Waals surface area (Å²) in [7, 11) is -5.27. The Balaban J connectivity index is 1.37. The van der Waals surface area contributed by atoms with E-state index >= 15 is 0 Å². The quantitative estimate of drug-likeness (QED) is 0.338. The summed E-state index contributed by atoms with van der Waals surface area (Å²) in [5.74, 6) is -1.01. The molecule has 0 saturated carbocycles. The highest BCUT2D eigenvalue weighted by Gasteiger charge is 2.20. The first kappa shape index (κ1) is 30.1. The summed E-state index contributed by atoms with van der Waals surface area (Å²) in [5, 5.41) is 4.66. The molecule has 1 aliphatic rings. The molecule has 0 aliphatic carbocycles. The van der Waals surface area contributed by atoms with E-state index in [9.17, 15) is 26.4 Å². The molecule has 16 heteroatoms. The fourth-order valence-electron chi connectivity index (χ4n) is 4.02. The van der Waals surface area contributed by atoms with Crippen molar-refractivity contribution in [1.82, 2.24) is 20.1 Å². The highest BCUT2D eigenvalue weighted by molar-refractivity contribution is 7.91. The summed E-state index contributed by atoms with van der Waals surface area (Å²) in [5.41, 5.74) is 0.307. The molecule has 216 valence electrons. The molecule has 3 aromatic rings. The molecule has 2 N–H and O–H groups in total. The summed E-state index contributed by atoms with van der Waals surface area (Å²) in [6, 6.07) is 7.31. The number of likely N-dealkylation sites (N-methyl/N-ethyl adjacent to an activating group) is 1. The third kappa shape index (κ3) is 8.11. The molecule has 2 heterocycles. The lowest BCUT2D eigenvalue weighted by molar-refractivity contribution is 0.0967. The predicted molar refractivity (Wildman–Crippen MR) is 154 cm³/mol. The van der Waals surface area contributed by atoms with Crippen molar-refractivity contribution in [3.63, 3.8) is 0 Å². The standard InChI is InChI=1S/C24H28ClN5O7S3/c1-29-9-11-30(12-10-29)8-3-13-40(35,36)17-5-7-20-21(15-17)38-24(26-20)28-23(32)27-22(31)18-14-16(4-6-19(18)25)37-39(2,33)34/h4-7,14-15H,3,8-13H2,1-2H3,(H2,26,27,28,31,32). The number of anilines is 1. The van der Waals surface area contributed by atoms with Gasteiger partial charge in [-0.15, -0.1) is 0 Å². The van der Waals surface area contributed by atoms with Crippen LogP contribution in [-0.2, 0) is 20.0 Å². The molecule has 0 unspecified atom stereocenters. The molecule has 2 aromatic carbocycles. The van der Waals surface area contributed by atoms with Crippen LogP contribution in [-0.4, -0.2) is 95.3 Å². The number of carbonyl (C=O) groups is 2. The summed E-state index contributed by atoms with van der Waals surface area (Å²) in [6.07, 6.45) is 1.38. The van der Waals surface area contributed by atoms with E-state index in [1.807, 2.05) is 0 Å². The van der Waals surface area contributed by atoms with Crippen LogP contribution in [0.4, 0.5) is 9.93 Å². The van der Waals surface area contributed by atoms with Gasteiger partial charge in [-0.05, 0) is 56.4 Å². The lowest BCUT2D eigenvalue weighted by Gasteiger charge is -2.32. The van der Waals surface area contributed by atoms with Crippen molar-refractivity contribution in [2.75, 3.05) is 57.1 Å². The monoisotopic (exact) mass is 629 g/mol. The number of imide groups is 1. The van der Waals surface area contributed by atoms with Gasteiger partial charge in [0.15, 0.2) is 15.0 Å². The van der Waals surface area contributed by atoms with Crippen LogP contribution in [0.25, 0.3) is 10.2 Å². The Morgan fingerprint density at radius 2 is 1.80 bits per heavy atom. The number of thiazole rings is 1. The van der Waals surface area contributed by atoms with E-state index in [1.165, 1.54) is 24.3 Å². The summed E-state index contributed by atoms with van der Waals surface area (Å²) < 4.78 is 53.9. The normalized spacial score (nSPS) is 15.2. The molecule has 1 aromatic heterocycles. The van der Waals surface area contributed by atoms with Crippen molar-refractivity contribution >= 4 is 70.2 Å². The largest absolute Gasteiger partial charge is 0.383 e. The van der Waals surface area contributed by atoms with E-state index < -0.39 is 31.9 Å². The van der Waals surface area contributed by atoms with Crippen molar-refractivity contribution in [3.8, 4) is 5.75 Å². The maximum atomic E-state index is 12.9. The van der Waals surface area contributed by atoms with Gasteiger partial charge in [-0.2, -0.15) is 8.42 Å². The van der Waals surface area contributed by atoms with Crippen molar-refractivity contribution in [3.05, 3.63) is 47.0 Å². The number of carbonyl (C=O) groups excluding carboxylic acids is 2. The number of piperazine rings is 1. The van der Waals surface area contributed by atoms with Crippen LogP contribution in [0.5, 0.6) is 5.75 Å². The topological polar surface area (TPSA) is 155 Å². The van der Waals surface area contributed by atoms with Gasteiger partial charge in [-0.1, -0.05) is 22.9 Å². The fraction of sp³-hybridized carbons (Fsp3) is 0.375. The van der Waals surface area contributed by atoms with Crippen LogP contribution >= 0.6 is 22.9 Å². The van der Waals surface area contributed by atoms with Crippen LogP contribution in [0.3, 0.4) is 0 Å². The SMILES string of the molecule is CN1CCN(CCCS(=O)(=O)c2ccc3nc(NC(=O)NC(=O)c4cc(OS(C)(=O)=O)ccc4Cl)sc3c2)CC1. The zero-order valence-corrected chi connectivity index (χ0v) is 24.9. The third-order valence-corrected chi connectivity index (χ3v) is 9.64. The highest BCUT2D eigenvalue weighted by Crippen LogP contribution is 2.29. The fourth-order valence-corrected chi connectivity index (χ4v) is 6.97. The Kier molecular flexibility index (Phi) is 9.32. The van der Waals surface area contributed by atoms with Crippen molar-refractivity contribution in [2.24, 2.45) is 0 Å². The van der Waals surface area contributed by atoms with Gasteiger partial charge in [0, 0.05) is 26.2 Å². The molecule has 0 radical (unpaired) electrons. The average molecular weight is 630 g/mol. The third-order valence-electron chi connectivity index (χ3n) is 6.08. The number of rotatable bonds is 9. The summed E-state index contributed by atoms with van der Waals surface area (Å²) >= 11 is 7.08. The van der Waals surface area contributed by atoms with Crippen molar-refractivity contribution in [1.29, 1.82) is 0 Å². The second kappa shape index (κ2) is 12.4. The molecule has 1 saturated heterocycles. The van der Waals surface area contributed by atoms with E-state index in [1.54, 1.807) is 6.07 Å². The van der Waals surface area contributed by atoms with Crippen LogP contribution < -0.4 is 14.8 Å². The molecule has 4 rings (SSSR count). The van der Waals surface area contributed by atoms with E-state index in [2.05, 4.69) is 32.5 Å². The average Bonchev–Trinajstić information content (AvgIpc) is 3.26. The van der Waals surface area contributed by atoms with Gasteiger partial charge in [0.1, 0.15) is 5.75 Å². The Hall–Kier alpha value is -2.82. The predicted octanol–water partition coefficient (Wildman–Crippen LogP) is 2.66. The van der Waals surface area contributed by atoms with Crippen LogP contribution in [0.15, 0.2) is 41.3 Å². The lowest BCUT2D eigenvalue weighted by atomic mass is 10.2. The van der Waals surface area contributed by atoms with E-state index in [-0.39, 0.29) is 32.1 Å². The minimum absolute atomic E-state index is 0.0246. The minimum atomic E-state index is -3.83. The molecule has 0 bridgehead atoms. The van der Waals surface area contributed by atoms with Crippen LogP contribution in [0.2, 0.25) is 5.02 Å². The number of urea groups is 1.